The lowest BCUT2D eigenvalue weighted by Gasteiger charge is -2.42. The third kappa shape index (κ3) is 3.72. The van der Waals surface area contributed by atoms with Crippen molar-refractivity contribution in [3.05, 3.63) is 23.5 Å². The van der Waals surface area contributed by atoms with Crippen molar-refractivity contribution in [1.29, 1.82) is 0 Å². The van der Waals surface area contributed by atoms with Gasteiger partial charge in [0.05, 0.1) is 5.60 Å². The van der Waals surface area contributed by atoms with E-state index < -0.39 is 5.60 Å². The first-order valence-corrected chi connectivity index (χ1v) is 7.26. The fourth-order valence-electron chi connectivity index (χ4n) is 2.04. The van der Waals surface area contributed by atoms with Crippen LogP contribution in [0.3, 0.4) is 0 Å². The molecule has 20 heavy (non-hydrogen) atoms. The predicted molar refractivity (Wildman–Crippen MR) is 81.0 cm³/mol. The maximum absolute atomic E-state index is 11.5. The molecule has 0 aliphatic heterocycles. The van der Waals surface area contributed by atoms with Crippen LogP contribution in [0.15, 0.2) is 23.5 Å². The SMILES string of the molecule is CCC(=O)OC1=CC(C(C)(C)C)=CC(O)(C(C)(C)C)C1. The van der Waals surface area contributed by atoms with Gasteiger partial charge in [-0.2, -0.15) is 0 Å². The van der Waals surface area contributed by atoms with Gasteiger partial charge < -0.3 is 9.84 Å². The number of hydrogen-bond donors (Lipinski definition) is 1. The van der Waals surface area contributed by atoms with Gasteiger partial charge in [0.1, 0.15) is 5.76 Å². The molecule has 0 heterocycles. The first-order valence-electron chi connectivity index (χ1n) is 7.26. The van der Waals surface area contributed by atoms with E-state index >= 15 is 0 Å². The van der Waals surface area contributed by atoms with Gasteiger partial charge in [-0.1, -0.05) is 48.5 Å². The highest BCUT2D eigenvalue weighted by Crippen LogP contribution is 2.44. The second-order valence-corrected chi connectivity index (χ2v) is 7.64. The molecule has 0 saturated heterocycles. The highest BCUT2D eigenvalue weighted by atomic mass is 16.5. The topological polar surface area (TPSA) is 46.5 Å². The predicted octanol–water partition coefficient (Wildman–Crippen LogP) is 3.98. The lowest BCUT2D eigenvalue weighted by Crippen LogP contribution is -2.44. The summed E-state index contributed by atoms with van der Waals surface area (Å²) in [6.45, 7) is 14.0. The molecule has 1 rings (SSSR count). The monoisotopic (exact) mass is 280 g/mol. The molecular weight excluding hydrogens is 252 g/mol. The summed E-state index contributed by atoms with van der Waals surface area (Å²) in [6.07, 6.45) is 4.49. The number of carbonyl (C=O) groups is 1. The van der Waals surface area contributed by atoms with Crippen LogP contribution in [0.2, 0.25) is 0 Å². The fraction of sp³-hybridized carbons (Fsp3) is 0.706. The molecule has 3 nitrogen and oxygen atoms in total. The van der Waals surface area contributed by atoms with E-state index in [-0.39, 0.29) is 16.8 Å². The number of allylic oxidation sites excluding steroid dienone is 2. The van der Waals surface area contributed by atoms with Crippen LogP contribution >= 0.6 is 0 Å². The van der Waals surface area contributed by atoms with E-state index in [2.05, 4.69) is 20.8 Å². The molecule has 0 aromatic carbocycles. The molecule has 1 unspecified atom stereocenters. The zero-order valence-electron chi connectivity index (χ0n) is 13.8. The van der Waals surface area contributed by atoms with Crippen LogP contribution in [0.4, 0.5) is 0 Å². The van der Waals surface area contributed by atoms with Crippen molar-refractivity contribution in [1.82, 2.24) is 0 Å². The van der Waals surface area contributed by atoms with E-state index in [9.17, 15) is 9.90 Å². The van der Waals surface area contributed by atoms with Crippen LogP contribution in [0.5, 0.6) is 0 Å². The van der Waals surface area contributed by atoms with E-state index in [0.29, 0.717) is 18.6 Å². The lowest BCUT2D eigenvalue weighted by molar-refractivity contribution is -0.140. The average Bonchev–Trinajstić information content (AvgIpc) is 2.25. The number of esters is 1. The van der Waals surface area contributed by atoms with Crippen molar-refractivity contribution in [2.45, 2.75) is 66.9 Å². The number of ether oxygens (including phenoxy) is 1. The molecule has 0 aromatic rings. The standard InChI is InChI=1S/C17H28O3/c1-8-14(18)20-13-9-12(15(2,3)4)10-17(19,11-13)16(5,6)7/h9-10,19H,8,11H2,1-7H3. The van der Waals surface area contributed by atoms with Crippen molar-refractivity contribution < 1.29 is 14.6 Å². The highest BCUT2D eigenvalue weighted by molar-refractivity contribution is 5.70. The summed E-state index contributed by atoms with van der Waals surface area (Å²) in [5.74, 6) is 0.296. The number of hydrogen-bond acceptors (Lipinski definition) is 3. The Balaban J connectivity index is 3.21. The molecule has 0 saturated carbocycles. The minimum absolute atomic E-state index is 0.108. The molecule has 0 radical (unpaired) electrons. The highest BCUT2D eigenvalue weighted by Gasteiger charge is 2.42. The number of rotatable bonds is 2. The zero-order valence-corrected chi connectivity index (χ0v) is 13.8. The van der Waals surface area contributed by atoms with Gasteiger partial charge in [-0.3, -0.25) is 4.79 Å². The number of aliphatic hydroxyl groups is 1. The normalized spacial score (nSPS) is 24.0. The summed E-state index contributed by atoms with van der Waals surface area (Å²) in [5, 5.41) is 11.0. The largest absolute Gasteiger partial charge is 0.431 e. The Morgan fingerprint density at radius 2 is 1.85 bits per heavy atom. The molecule has 0 fully saturated rings. The molecule has 0 amide bonds. The van der Waals surface area contributed by atoms with E-state index in [1.165, 1.54) is 0 Å². The van der Waals surface area contributed by atoms with Crippen molar-refractivity contribution in [3.8, 4) is 0 Å². The molecule has 1 aliphatic carbocycles. The van der Waals surface area contributed by atoms with Crippen LogP contribution in [-0.2, 0) is 9.53 Å². The maximum Gasteiger partial charge on any atom is 0.310 e. The van der Waals surface area contributed by atoms with Crippen LogP contribution in [-0.4, -0.2) is 16.7 Å². The summed E-state index contributed by atoms with van der Waals surface area (Å²) in [6, 6.07) is 0. The van der Waals surface area contributed by atoms with Gasteiger partial charge in [0.25, 0.3) is 0 Å². The summed E-state index contributed by atoms with van der Waals surface area (Å²) in [7, 11) is 0. The van der Waals surface area contributed by atoms with Crippen molar-refractivity contribution >= 4 is 5.97 Å². The maximum atomic E-state index is 11.5. The summed E-state index contributed by atoms with van der Waals surface area (Å²) >= 11 is 0. The van der Waals surface area contributed by atoms with Gasteiger partial charge in [0, 0.05) is 12.8 Å². The van der Waals surface area contributed by atoms with Gasteiger partial charge in [0.2, 0.25) is 0 Å². The van der Waals surface area contributed by atoms with E-state index in [0.717, 1.165) is 5.57 Å². The smallest absolute Gasteiger partial charge is 0.310 e. The van der Waals surface area contributed by atoms with Gasteiger partial charge in [-0.15, -0.1) is 0 Å². The van der Waals surface area contributed by atoms with Gasteiger partial charge in [0.15, 0.2) is 0 Å². The number of carbonyl (C=O) groups excluding carboxylic acids is 1. The second kappa shape index (κ2) is 5.36. The van der Waals surface area contributed by atoms with Gasteiger partial charge in [-0.05, 0) is 28.6 Å². The Hall–Kier alpha value is -1.09. The van der Waals surface area contributed by atoms with Crippen molar-refractivity contribution in [2.75, 3.05) is 0 Å². The van der Waals surface area contributed by atoms with E-state index in [4.69, 9.17) is 4.74 Å². The molecule has 0 bridgehead atoms. The lowest BCUT2D eigenvalue weighted by atomic mass is 9.68. The van der Waals surface area contributed by atoms with Crippen LogP contribution in [0.1, 0.15) is 61.3 Å². The molecular formula is C17H28O3. The summed E-state index contributed by atoms with van der Waals surface area (Å²) in [5.41, 5.74) is -0.445. The third-order valence-corrected chi connectivity index (χ3v) is 3.85. The minimum Gasteiger partial charge on any atom is -0.431 e. The Labute approximate surface area is 122 Å². The molecule has 1 N–H and O–H groups in total. The van der Waals surface area contributed by atoms with Crippen LogP contribution in [0.25, 0.3) is 0 Å². The van der Waals surface area contributed by atoms with Crippen molar-refractivity contribution in [2.24, 2.45) is 10.8 Å². The van der Waals surface area contributed by atoms with Crippen LogP contribution in [0, 0.1) is 10.8 Å². The zero-order chi connectivity index (χ0) is 15.8. The van der Waals surface area contributed by atoms with Gasteiger partial charge in [-0.25, -0.2) is 0 Å². The Bertz CT molecular complexity index is 444. The molecule has 1 atom stereocenters. The third-order valence-electron chi connectivity index (χ3n) is 3.85. The summed E-state index contributed by atoms with van der Waals surface area (Å²) in [4.78, 5) is 11.5. The Kier molecular flexibility index (Phi) is 4.55. The Morgan fingerprint density at radius 3 is 2.25 bits per heavy atom. The first-order chi connectivity index (χ1) is 8.89. The average molecular weight is 280 g/mol. The Morgan fingerprint density at radius 1 is 1.30 bits per heavy atom. The molecule has 3 heteroatoms. The van der Waals surface area contributed by atoms with Crippen LogP contribution < -0.4 is 0 Å². The van der Waals surface area contributed by atoms with E-state index in [1.54, 1.807) is 6.92 Å². The van der Waals surface area contributed by atoms with Crippen molar-refractivity contribution in [3.63, 3.8) is 0 Å². The van der Waals surface area contributed by atoms with Gasteiger partial charge >= 0.3 is 5.97 Å². The molecule has 0 spiro atoms. The second-order valence-electron chi connectivity index (χ2n) is 7.64. The molecule has 114 valence electrons. The minimum atomic E-state index is -1.01. The molecule has 1 aliphatic rings. The quantitative estimate of drug-likeness (QED) is 0.778. The van der Waals surface area contributed by atoms with E-state index in [1.807, 2.05) is 32.9 Å². The molecule has 0 aromatic heterocycles. The fourth-order valence-corrected chi connectivity index (χ4v) is 2.04. The summed E-state index contributed by atoms with van der Waals surface area (Å²) < 4.78 is 5.38. The first kappa shape index (κ1) is 17.0.